The molecular formula is C17H22N2O6S. The van der Waals surface area contributed by atoms with E-state index in [1.54, 1.807) is 19.1 Å². The Hall–Kier alpha value is -2.39. The zero-order chi connectivity index (χ0) is 19.2. The van der Waals surface area contributed by atoms with Crippen molar-refractivity contribution in [3.63, 3.8) is 0 Å². The third-order valence-electron chi connectivity index (χ3n) is 3.93. The summed E-state index contributed by atoms with van der Waals surface area (Å²) in [5.74, 6) is -0.349. The molecule has 1 aliphatic heterocycles. The molecule has 1 aromatic carbocycles. The molecule has 0 unspecified atom stereocenters. The van der Waals surface area contributed by atoms with Crippen LogP contribution in [0.4, 0.5) is 0 Å². The number of piperazine rings is 1. The second-order valence-electron chi connectivity index (χ2n) is 5.57. The lowest BCUT2D eigenvalue weighted by atomic mass is 10.3. The molecule has 1 fully saturated rings. The molecule has 142 valence electrons. The van der Waals surface area contributed by atoms with E-state index >= 15 is 0 Å². The Morgan fingerprint density at radius 1 is 1.12 bits per heavy atom. The third-order valence-corrected chi connectivity index (χ3v) is 5.84. The maximum absolute atomic E-state index is 12.7. The van der Waals surface area contributed by atoms with Crippen molar-refractivity contribution in [1.82, 2.24) is 9.21 Å². The Bertz CT molecular complexity index is 765. The lowest BCUT2D eigenvalue weighted by molar-refractivity contribution is -0.148. The quantitative estimate of drug-likeness (QED) is 0.530. The van der Waals surface area contributed by atoms with Gasteiger partial charge in [-0.1, -0.05) is 6.08 Å². The molecule has 0 aromatic heterocycles. The molecule has 1 aliphatic rings. The Balaban J connectivity index is 1.92. The van der Waals surface area contributed by atoms with Gasteiger partial charge in [-0.2, -0.15) is 4.31 Å². The van der Waals surface area contributed by atoms with Gasteiger partial charge in [-0.25, -0.2) is 13.2 Å². The number of allylic oxidation sites excluding steroid dienone is 1. The maximum Gasteiger partial charge on any atom is 0.330 e. The molecule has 0 spiro atoms. The number of hydrogen-bond donors (Lipinski definition) is 0. The van der Waals surface area contributed by atoms with Crippen LogP contribution in [0, 0.1) is 0 Å². The maximum atomic E-state index is 12.7. The normalized spacial score (nSPS) is 15.8. The Labute approximate surface area is 153 Å². The van der Waals surface area contributed by atoms with Crippen LogP contribution >= 0.6 is 0 Å². The van der Waals surface area contributed by atoms with E-state index in [4.69, 9.17) is 9.47 Å². The Morgan fingerprint density at radius 3 is 2.27 bits per heavy atom. The van der Waals surface area contributed by atoms with Gasteiger partial charge in [0, 0.05) is 32.3 Å². The van der Waals surface area contributed by atoms with E-state index in [0.717, 1.165) is 0 Å². The fourth-order valence-corrected chi connectivity index (χ4v) is 3.91. The summed E-state index contributed by atoms with van der Waals surface area (Å²) in [7, 11) is -2.11. The predicted molar refractivity (Wildman–Crippen MR) is 94.1 cm³/mol. The first kappa shape index (κ1) is 19.9. The minimum absolute atomic E-state index is 0.179. The van der Waals surface area contributed by atoms with Gasteiger partial charge < -0.3 is 14.4 Å². The van der Waals surface area contributed by atoms with E-state index in [0.29, 0.717) is 5.75 Å². The zero-order valence-corrected chi connectivity index (χ0v) is 15.6. The van der Waals surface area contributed by atoms with Crippen LogP contribution in [0.25, 0.3) is 0 Å². The number of amides is 1. The number of rotatable bonds is 6. The van der Waals surface area contributed by atoms with Crippen molar-refractivity contribution in [2.75, 3.05) is 39.9 Å². The highest BCUT2D eigenvalue weighted by Crippen LogP contribution is 2.20. The molecule has 1 aromatic rings. The smallest absolute Gasteiger partial charge is 0.330 e. The largest absolute Gasteiger partial charge is 0.497 e. The molecule has 8 nitrogen and oxygen atoms in total. The van der Waals surface area contributed by atoms with Crippen LogP contribution in [0.3, 0.4) is 0 Å². The topological polar surface area (TPSA) is 93.2 Å². The van der Waals surface area contributed by atoms with E-state index in [1.165, 1.54) is 40.6 Å². The molecule has 1 saturated heterocycles. The van der Waals surface area contributed by atoms with E-state index in [1.807, 2.05) is 0 Å². The lowest BCUT2D eigenvalue weighted by Gasteiger charge is -2.33. The van der Waals surface area contributed by atoms with Crippen LogP contribution in [-0.2, 0) is 24.3 Å². The fourth-order valence-electron chi connectivity index (χ4n) is 2.48. The molecule has 0 bridgehead atoms. The standard InChI is InChI=1S/C17H22N2O6S/c1-3-4-17(21)25-13-16(20)18-9-11-19(12-10-18)26(22,23)15-7-5-14(24-2)6-8-15/h3-8H,9-13H2,1-2H3/b4-3+. The van der Waals surface area contributed by atoms with Gasteiger partial charge in [0.2, 0.25) is 10.0 Å². The van der Waals surface area contributed by atoms with E-state index in [-0.39, 0.29) is 43.6 Å². The first-order valence-electron chi connectivity index (χ1n) is 8.10. The molecule has 26 heavy (non-hydrogen) atoms. The van der Waals surface area contributed by atoms with E-state index in [9.17, 15) is 18.0 Å². The molecule has 0 N–H and O–H groups in total. The summed E-state index contributed by atoms with van der Waals surface area (Å²) < 4.78 is 36.5. The number of sulfonamides is 1. The van der Waals surface area contributed by atoms with Gasteiger partial charge in [0.05, 0.1) is 12.0 Å². The number of carbonyl (C=O) groups excluding carboxylic acids is 2. The number of ether oxygens (including phenoxy) is 2. The molecule has 0 radical (unpaired) electrons. The van der Waals surface area contributed by atoms with Crippen LogP contribution < -0.4 is 4.74 Å². The fraction of sp³-hybridized carbons (Fsp3) is 0.412. The third kappa shape index (κ3) is 4.83. The van der Waals surface area contributed by atoms with Gasteiger partial charge >= 0.3 is 5.97 Å². The van der Waals surface area contributed by atoms with Gasteiger partial charge in [0.1, 0.15) is 5.75 Å². The molecule has 0 atom stereocenters. The number of hydrogen-bond acceptors (Lipinski definition) is 6. The highest BCUT2D eigenvalue weighted by Gasteiger charge is 2.30. The summed E-state index contributed by atoms with van der Waals surface area (Å²) >= 11 is 0. The summed E-state index contributed by atoms with van der Waals surface area (Å²) in [6, 6.07) is 6.16. The summed E-state index contributed by atoms with van der Waals surface area (Å²) in [5.41, 5.74) is 0. The molecule has 0 aliphatic carbocycles. The molecule has 9 heteroatoms. The van der Waals surface area contributed by atoms with Crippen molar-refractivity contribution in [1.29, 1.82) is 0 Å². The SMILES string of the molecule is C/C=C/C(=O)OCC(=O)N1CCN(S(=O)(=O)c2ccc(OC)cc2)CC1. The van der Waals surface area contributed by atoms with Gasteiger partial charge in [0.25, 0.3) is 5.91 Å². The van der Waals surface area contributed by atoms with Crippen molar-refractivity contribution >= 4 is 21.9 Å². The van der Waals surface area contributed by atoms with Gasteiger partial charge in [0.15, 0.2) is 6.61 Å². The van der Waals surface area contributed by atoms with Crippen molar-refractivity contribution in [2.24, 2.45) is 0 Å². The molecule has 2 rings (SSSR count). The predicted octanol–water partition coefficient (Wildman–Crippen LogP) is 0.647. The summed E-state index contributed by atoms with van der Waals surface area (Å²) in [6.07, 6.45) is 2.75. The first-order valence-corrected chi connectivity index (χ1v) is 9.54. The number of methoxy groups -OCH3 is 1. The Morgan fingerprint density at radius 2 is 1.73 bits per heavy atom. The van der Waals surface area contributed by atoms with E-state index < -0.39 is 16.0 Å². The second-order valence-corrected chi connectivity index (χ2v) is 7.51. The van der Waals surface area contributed by atoms with Gasteiger partial charge in [-0.05, 0) is 31.2 Å². The summed E-state index contributed by atoms with van der Waals surface area (Å²) in [6.45, 7) is 2.18. The number of benzene rings is 1. The van der Waals surface area contributed by atoms with Crippen LogP contribution in [0.5, 0.6) is 5.75 Å². The van der Waals surface area contributed by atoms with Crippen molar-refractivity contribution in [3.05, 3.63) is 36.4 Å². The first-order chi connectivity index (χ1) is 12.4. The van der Waals surface area contributed by atoms with Crippen LogP contribution in [0.15, 0.2) is 41.3 Å². The van der Waals surface area contributed by atoms with Crippen molar-refractivity contribution in [2.45, 2.75) is 11.8 Å². The lowest BCUT2D eigenvalue weighted by Crippen LogP contribution is -2.51. The molecule has 1 amide bonds. The number of esters is 1. The average molecular weight is 382 g/mol. The zero-order valence-electron chi connectivity index (χ0n) is 14.8. The molecule has 0 saturated carbocycles. The number of nitrogens with zero attached hydrogens (tertiary/aromatic N) is 2. The van der Waals surface area contributed by atoms with Gasteiger partial charge in [-0.3, -0.25) is 4.79 Å². The van der Waals surface area contributed by atoms with E-state index in [2.05, 4.69) is 0 Å². The molecular weight excluding hydrogens is 360 g/mol. The minimum Gasteiger partial charge on any atom is -0.497 e. The van der Waals surface area contributed by atoms with Crippen LogP contribution in [0.1, 0.15) is 6.92 Å². The average Bonchev–Trinajstić information content (AvgIpc) is 2.66. The van der Waals surface area contributed by atoms with Gasteiger partial charge in [-0.15, -0.1) is 0 Å². The molecule has 1 heterocycles. The van der Waals surface area contributed by atoms with Crippen LogP contribution in [0.2, 0.25) is 0 Å². The summed E-state index contributed by atoms with van der Waals surface area (Å²) in [4.78, 5) is 25.0. The minimum atomic E-state index is -3.62. The Kier molecular flexibility index (Phi) is 6.76. The summed E-state index contributed by atoms with van der Waals surface area (Å²) in [5, 5.41) is 0. The highest BCUT2D eigenvalue weighted by molar-refractivity contribution is 7.89. The highest BCUT2D eigenvalue weighted by atomic mass is 32.2. The second kappa shape index (κ2) is 8.81. The monoisotopic (exact) mass is 382 g/mol. The van der Waals surface area contributed by atoms with Crippen LogP contribution in [-0.4, -0.2) is 69.4 Å². The van der Waals surface area contributed by atoms with Crippen molar-refractivity contribution < 1.29 is 27.5 Å². The van der Waals surface area contributed by atoms with Crippen molar-refractivity contribution in [3.8, 4) is 5.75 Å². The number of carbonyl (C=O) groups is 2.